The Labute approximate surface area is 226 Å². The molecule has 3 heterocycles. The molecule has 0 bridgehead atoms. The first-order chi connectivity index (χ1) is 18.4. The van der Waals surface area contributed by atoms with Gasteiger partial charge in [-0.1, -0.05) is 35.6 Å². The van der Waals surface area contributed by atoms with Gasteiger partial charge in [-0.15, -0.1) is 0 Å². The fourth-order valence-corrected chi connectivity index (χ4v) is 4.89. The van der Waals surface area contributed by atoms with Crippen LogP contribution in [0, 0.1) is 36.4 Å². The van der Waals surface area contributed by atoms with E-state index in [1.165, 1.54) is 12.3 Å². The van der Waals surface area contributed by atoms with Crippen molar-refractivity contribution in [3.63, 3.8) is 0 Å². The molecular weight excluding hydrogens is 505 g/mol. The van der Waals surface area contributed by atoms with Gasteiger partial charge >= 0.3 is 0 Å². The minimum absolute atomic E-state index is 0.140. The first-order valence-corrected chi connectivity index (χ1v) is 13.3. The summed E-state index contributed by atoms with van der Waals surface area (Å²) in [4.78, 5) is 31.5. The van der Waals surface area contributed by atoms with Crippen molar-refractivity contribution in [2.45, 2.75) is 45.6 Å². The van der Waals surface area contributed by atoms with Gasteiger partial charge in [0.15, 0.2) is 5.69 Å². The number of benzene rings is 1. The molecule has 0 atom stereocenters. The minimum atomic E-state index is -0.443. The molecule has 7 nitrogen and oxygen atoms in total. The number of hydrogen-bond donors (Lipinski definition) is 1. The van der Waals surface area contributed by atoms with E-state index in [0.29, 0.717) is 40.9 Å². The molecule has 2 amide bonds. The van der Waals surface area contributed by atoms with Crippen molar-refractivity contribution in [3.05, 3.63) is 75.9 Å². The van der Waals surface area contributed by atoms with Crippen molar-refractivity contribution in [2.75, 3.05) is 18.4 Å². The highest BCUT2D eigenvalue weighted by atomic mass is 35.5. The number of nitrogens with one attached hydrogen (secondary N) is 1. The molecule has 196 valence electrons. The van der Waals surface area contributed by atoms with Crippen molar-refractivity contribution < 1.29 is 14.0 Å². The molecule has 0 unspecified atom stereocenters. The third-order valence-electron chi connectivity index (χ3n) is 7.08. The second-order valence-corrected chi connectivity index (χ2v) is 10.4. The first-order valence-electron chi connectivity index (χ1n) is 12.9. The van der Waals surface area contributed by atoms with Crippen molar-refractivity contribution >= 4 is 29.2 Å². The normalized spacial score (nSPS) is 15.6. The second-order valence-electron chi connectivity index (χ2n) is 9.99. The average molecular weight is 534 g/mol. The van der Waals surface area contributed by atoms with E-state index in [4.69, 9.17) is 11.6 Å². The standard InChI is InChI=1S/C29H29ClFN5O2/c1-19-16-21(6-7-22-4-2-3-5-25(22)31)17-32-27(19)33-28(37)26-24(30)18-36(34-26)15-12-20-10-13-35(14-11-20)29(38)23-8-9-23/h2-5,16-18,20,23H,8-15H2,1H3,(H,32,33,37). The lowest BCUT2D eigenvalue weighted by molar-refractivity contribution is -0.134. The number of pyridine rings is 1. The van der Waals surface area contributed by atoms with E-state index in [0.717, 1.165) is 45.2 Å². The van der Waals surface area contributed by atoms with Gasteiger partial charge in [-0.3, -0.25) is 14.3 Å². The van der Waals surface area contributed by atoms with Crippen LogP contribution in [-0.4, -0.2) is 44.6 Å². The number of aromatic nitrogens is 3. The molecular formula is C29H29ClFN5O2. The molecule has 1 aliphatic carbocycles. The Morgan fingerprint density at radius 3 is 2.63 bits per heavy atom. The third kappa shape index (κ3) is 6.22. The van der Waals surface area contributed by atoms with Gasteiger partial charge < -0.3 is 10.2 Å². The number of halogens is 2. The summed E-state index contributed by atoms with van der Waals surface area (Å²) in [5, 5.41) is 7.45. The summed E-state index contributed by atoms with van der Waals surface area (Å²) in [6.45, 7) is 4.11. The number of nitrogens with zero attached hydrogens (tertiary/aromatic N) is 4. The van der Waals surface area contributed by atoms with Crippen molar-refractivity contribution in [1.29, 1.82) is 0 Å². The van der Waals surface area contributed by atoms with E-state index in [1.807, 2.05) is 4.90 Å². The largest absolute Gasteiger partial charge is 0.342 e. The number of carbonyl (C=O) groups excluding carboxylic acids is 2. The van der Waals surface area contributed by atoms with Crippen molar-refractivity contribution in [2.24, 2.45) is 11.8 Å². The number of amides is 2. The molecule has 38 heavy (non-hydrogen) atoms. The Morgan fingerprint density at radius 1 is 1.16 bits per heavy atom. The van der Waals surface area contributed by atoms with Crippen molar-refractivity contribution in [1.82, 2.24) is 19.7 Å². The molecule has 2 aromatic heterocycles. The van der Waals surface area contributed by atoms with Gasteiger partial charge in [-0.05, 0) is 68.7 Å². The zero-order chi connectivity index (χ0) is 26.6. The van der Waals surface area contributed by atoms with Crippen LogP contribution in [0.25, 0.3) is 0 Å². The number of hydrogen-bond acceptors (Lipinski definition) is 4. The van der Waals surface area contributed by atoms with E-state index in [2.05, 4.69) is 27.2 Å². The number of likely N-dealkylation sites (tertiary alicyclic amines) is 1. The third-order valence-corrected chi connectivity index (χ3v) is 7.35. The Bertz CT molecular complexity index is 1410. The van der Waals surface area contributed by atoms with Crippen LogP contribution < -0.4 is 5.32 Å². The lowest BCUT2D eigenvalue weighted by atomic mass is 9.93. The maximum Gasteiger partial charge on any atom is 0.278 e. The molecule has 1 aromatic carbocycles. The highest BCUT2D eigenvalue weighted by Crippen LogP contribution is 2.33. The summed E-state index contributed by atoms with van der Waals surface area (Å²) in [5.41, 5.74) is 1.76. The molecule has 5 rings (SSSR count). The molecule has 0 radical (unpaired) electrons. The molecule has 2 aliphatic rings. The molecule has 1 saturated heterocycles. The maximum absolute atomic E-state index is 13.8. The quantitative estimate of drug-likeness (QED) is 0.449. The van der Waals surface area contributed by atoms with Crippen molar-refractivity contribution in [3.8, 4) is 11.8 Å². The van der Waals surface area contributed by atoms with Crippen LogP contribution >= 0.6 is 11.6 Å². The number of anilines is 1. The highest BCUT2D eigenvalue weighted by molar-refractivity contribution is 6.34. The van der Waals surface area contributed by atoms with Gasteiger partial charge in [0.25, 0.3) is 5.91 Å². The molecule has 1 saturated carbocycles. The van der Waals surface area contributed by atoms with E-state index in [1.54, 1.807) is 42.1 Å². The summed E-state index contributed by atoms with van der Waals surface area (Å²) < 4.78 is 15.5. The van der Waals surface area contributed by atoms with Crippen LogP contribution in [0.2, 0.25) is 5.02 Å². The second kappa shape index (κ2) is 11.4. The fourth-order valence-electron chi connectivity index (χ4n) is 4.65. The lowest BCUT2D eigenvalue weighted by Crippen LogP contribution is -2.39. The Kier molecular flexibility index (Phi) is 7.75. The molecule has 1 N–H and O–H groups in total. The summed E-state index contributed by atoms with van der Waals surface area (Å²) in [7, 11) is 0. The van der Waals surface area contributed by atoms with Gasteiger partial charge in [0.05, 0.1) is 10.6 Å². The van der Waals surface area contributed by atoms with Crippen LogP contribution in [0.1, 0.15) is 59.3 Å². The lowest BCUT2D eigenvalue weighted by Gasteiger charge is -2.32. The van der Waals surface area contributed by atoms with Crippen LogP contribution in [0.3, 0.4) is 0 Å². The number of rotatable bonds is 6. The predicted molar refractivity (Wildman–Crippen MR) is 143 cm³/mol. The Balaban J connectivity index is 1.15. The monoisotopic (exact) mass is 533 g/mol. The van der Waals surface area contributed by atoms with Crippen LogP contribution in [0.15, 0.2) is 42.7 Å². The SMILES string of the molecule is Cc1cc(C#Cc2ccccc2F)cnc1NC(=O)c1nn(CCC2CCN(C(=O)C3CC3)CC2)cc1Cl. The topological polar surface area (TPSA) is 80.1 Å². The zero-order valence-electron chi connectivity index (χ0n) is 21.2. The highest BCUT2D eigenvalue weighted by Gasteiger charge is 2.34. The van der Waals surface area contributed by atoms with E-state index in [9.17, 15) is 14.0 Å². The number of piperidine rings is 1. The summed E-state index contributed by atoms with van der Waals surface area (Å²) in [5.74, 6) is 6.38. The number of carbonyl (C=O) groups is 2. The molecule has 9 heteroatoms. The molecule has 0 spiro atoms. The van der Waals surface area contributed by atoms with Gasteiger partial charge in [-0.2, -0.15) is 5.10 Å². The van der Waals surface area contributed by atoms with Crippen LogP contribution in [0.5, 0.6) is 0 Å². The molecule has 3 aromatic rings. The Hall–Kier alpha value is -3.70. The fraction of sp³-hybridized carbons (Fsp3) is 0.379. The van der Waals surface area contributed by atoms with Gasteiger partial charge in [0.2, 0.25) is 5.91 Å². The summed E-state index contributed by atoms with van der Waals surface area (Å²) >= 11 is 6.34. The summed E-state index contributed by atoms with van der Waals surface area (Å²) in [6.07, 6.45) is 8.19. The molecule has 2 fully saturated rings. The van der Waals surface area contributed by atoms with E-state index >= 15 is 0 Å². The van der Waals surface area contributed by atoms with Gasteiger partial charge in [0.1, 0.15) is 11.6 Å². The minimum Gasteiger partial charge on any atom is -0.342 e. The van der Waals surface area contributed by atoms with E-state index in [-0.39, 0.29) is 22.5 Å². The smallest absolute Gasteiger partial charge is 0.278 e. The first kappa shape index (κ1) is 25.9. The van der Waals surface area contributed by atoms with Crippen LogP contribution in [0.4, 0.5) is 10.2 Å². The zero-order valence-corrected chi connectivity index (χ0v) is 22.0. The van der Waals surface area contributed by atoms with Gasteiger partial charge in [-0.25, -0.2) is 9.37 Å². The number of aryl methyl sites for hydroxylation is 2. The predicted octanol–water partition coefficient (Wildman–Crippen LogP) is 5.07. The maximum atomic E-state index is 13.8. The van der Waals surface area contributed by atoms with Crippen LogP contribution in [-0.2, 0) is 11.3 Å². The Morgan fingerprint density at radius 2 is 1.92 bits per heavy atom. The van der Waals surface area contributed by atoms with E-state index < -0.39 is 5.91 Å². The van der Waals surface area contributed by atoms with Gasteiger partial charge in [0, 0.05) is 43.5 Å². The average Bonchev–Trinajstić information content (AvgIpc) is 3.70. The summed E-state index contributed by atoms with van der Waals surface area (Å²) in [6, 6.07) is 8.09. The molecule has 1 aliphatic heterocycles.